The van der Waals surface area contributed by atoms with E-state index in [1.807, 2.05) is 0 Å². The molecule has 1 fully saturated rings. The smallest absolute Gasteiger partial charge is 0.224 e. The molecular formula is C16H23FN2O3S. The number of carbonyl (C=O) groups is 1. The van der Waals surface area contributed by atoms with Gasteiger partial charge in [-0.1, -0.05) is 25.0 Å². The van der Waals surface area contributed by atoms with E-state index in [4.69, 9.17) is 0 Å². The maximum Gasteiger partial charge on any atom is 0.224 e. The predicted molar refractivity (Wildman–Crippen MR) is 86.9 cm³/mol. The monoisotopic (exact) mass is 342 g/mol. The van der Waals surface area contributed by atoms with Gasteiger partial charge in [0, 0.05) is 19.1 Å². The maximum absolute atomic E-state index is 12.8. The molecule has 1 saturated carbocycles. The Morgan fingerprint density at radius 1 is 1.26 bits per heavy atom. The first-order chi connectivity index (χ1) is 10.9. The zero-order valence-corrected chi connectivity index (χ0v) is 14.1. The molecule has 128 valence electrons. The number of hydrogen-bond donors (Lipinski definition) is 1. The van der Waals surface area contributed by atoms with Crippen molar-refractivity contribution in [2.24, 2.45) is 0 Å². The van der Waals surface area contributed by atoms with Crippen LogP contribution < -0.4 is 5.32 Å². The van der Waals surface area contributed by atoms with E-state index in [9.17, 15) is 17.6 Å². The van der Waals surface area contributed by atoms with E-state index in [1.165, 1.54) is 22.7 Å². The minimum absolute atomic E-state index is 0.0546. The number of halogens is 1. The molecule has 0 saturated heterocycles. The highest BCUT2D eigenvalue weighted by Crippen LogP contribution is 2.24. The third-order valence-corrected chi connectivity index (χ3v) is 5.42. The molecule has 0 unspecified atom stereocenters. The van der Waals surface area contributed by atoms with E-state index in [2.05, 4.69) is 5.32 Å². The first-order valence-corrected chi connectivity index (χ1v) is 9.69. The quantitative estimate of drug-likeness (QED) is 0.820. The molecule has 0 radical (unpaired) electrons. The van der Waals surface area contributed by atoms with Crippen LogP contribution in [-0.2, 0) is 21.2 Å². The highest BCUT2D eigenvalue weighted by atomic mass is 32.2. The lowest BCUT2D eigenvalue weighted by molar-refractivity contribution is -0.120. The van der Waals surface area contributed by atoms with Gasteiger partial charge in [0.05, 0.1) is 12.7 Å². The Bertz CT molecular complexity index is 625. The fraction of sp³-hybridized carbons (Fsp3) is 0.562. The highest BCUT2D eigenvalue weighted by molar-refractivity contribution is 7.88. The first kappa shape index (κ1) is 17.9. The van der Waals surface area contributed by atoms with Gasteiger partial charge in [-0.15, -0.1) is 0 Å². The van der Waals surface area contributed by atoms with E-state index in [-0.39, 0.29) is 30.7 Å². The van der Waals surface area contributed by atoms with Crippen molar-refractivity contribution in [2.75, 3.05) is 19.3 Å². The lowest BCUT2D eigenvalue weighted by Gasteiger charge is -2.26. The van der Waals surface area contributed by atoms with Crippen molar-refractivity contribution in [1.29, 1.82) is 0 Å². The van der Waals surface area contributed by atoms with Crippen molar-refractivity contribution in [3.8, 4) is 0 Å². The number of hydrogen-bond acceptors (Lipinski definition) is 3. The molecule has 0 bridgehead atoms. The molecule has 0 aromatic heterocycles. The van der Waals surface area contributed by atoms with Crippen molar-refractivity contribution < 1.29 is 17.6 Å². The Morgan fingerprint density at radius 2 is 1.87 bits per heavy atom. The second-order valence-electron chi connectivity index (χ2n) is 5.97. The van der Waals surface area contributed by atoms with Crippen LogP contribution in [0.4, 0.5) is 4.39 Å². The van der Waals surface area contributed by atoms with Gasteiger partial charge in [-0.25, -0.2) is 12.8 Å². The van der Waals surface area contributed by atoms with Crippen LogP contribution >= 0.6 is 0 Å². The third-order valence-electron chi connectivity index (χ3n) is 4.09. The van der Waals surface area contributed by atoms with Gasteiger partial charge in [-0.05, 0) is 30.5 Å². The molecule has 1 amide bonds. The van der Waals surface area contributed by atoms with Gasteiger partial charge >= 0.3 is 0 Å². The summed E-state index contributed by atoms with van der Waals surface area (Å²) < 4.78 is 38.1. The molecule has 2 rings (SSSR count). The molecule has 0 atom stereocenters. The van der Waals surface area contributed by atoms with Gasteiger partial charge in [0.1, 0.15) is 5.82 Å². The fourth-order valence-corrected chi connectivity index (χ4v) is 4.14. The summed E-state index contributed by atoms with van der Waals surface area (Å²) in [5.41, 5.74) is 0.722. The van der Waals surface area contributed by atoms with Crippen LogP contribution in [0.15, 0.2) is 24.3 Å². The first-order valence-electron chi connectivity index (χ1n) is 7.84. The minimum atomic E-state index is -3.27. The molecule has 5 nitrogen and oxygen atoms in total. The van der Waals surface area contributed by atoms with E-state index in [0.29, 0.717) is 6.54 Å². The summed E-state index contributed by atoms with van der Waals surface area (Å²) in [6, 6.07) is 5.81. The number of nitrogens with one attached hydrogen (secondary N) is 1. The Morgan fingerprint density at radius 3 is 2.43 bits per heavy atom. The van der Waals surface area contributed by atoms with Crippen LogP contribution in [0.3, 0.4) is 0 Å². The van der Waals surface area contributed by atoms with Crippen LogP contribution in [0.25, 0.3) is 0 Å². The van der Waals surface area contributed by atoms with Crippen molar-refractivity contribution in [2.45, 2.75) is 38.1 Å². The van der Waals surface area contributed by atoms with Crippen LogP contribution in [0, 0.1) is 5.82 Å². The normalized spacial score (nSPS) is 16.0. The SMILES string of the molecule is CS(=O)(=O)N(CCNC(=O)Cc1ccc(F)cc1)C1CCCC1. The number of rotatable bonds is 7. The van der Waals surface area contributed by atoms with Gasteiger partial charge in [-0.3, -0.25) is 4.79 Å². The summed E-state index contributed by atoms with van der Waals surface area (Å²) >= 11 is 0. The van der Waals surface area contributed by atoms with Crippen LogP contribution in [-0.4, -0.2) is 44.0 Å². The van der Waals surface area contributed by atoms with Crippen LogP contribution in [0.1, 0.15) is 31.2 Å². The lowest BCUT2D eigenvalue weighted by Crippen LogP contribution is -2.43. The number of benzene rings is 1. The molecule has 1 aliphatic carbocycles. The van der Waals surface area contributed by atoms with Crippen LogP contribution in [0.2, 0.25) is 0 Å². The number of sulfonamides is 1. The maximum atomic E-state index is 12.8. The average molecular weight is 342 g/mol. The zero-order valence-electron chi connectivity index (χ0n) is 13.3. The summed E-state index contributed by atoms with van der Waals surface area (Å²) in [6.45, 7) is 0.572. The summed E-state index contributed by atoms with van der Waals surface area (Å²) in [7, 11) is -3.27. The molecule has 0 spiro atoms. The molecule has 0 heterocycles. The molecule has 1 aromatic rings. The van der Waals surface area contributed by atoms with Crippen molar-refractivity contribution in [3.05, 3.63) is 35.6 Å². The van der Waals surface area contributed by atoms with E-state index in [1.54, 1.807) is 12.1 Å². The Balaban J connectivity index is 1.82. The Hall–Kier alpha value is -1.47. The van der Waals surface area contributed by atoms with Gasteiger partial charge in [0.2, 0.25) is 15.9 Å². The second-order valence-corrected chi connectivity index (χ2v) is 7.90. The number of nitrogens with zero attached hydrogens (tertiary/aromatic N) is 1. The molecular weight excluding hydrogens is 319 g/mol. The van der Waals surface area contributed by atoms with Crippen molar-refractivity contribution in [3.63, 3.8) is 0 Å². The molecule has 1 N–H and O–H groups in total. The average Bonchev–Trinajstić information content (AvgIpc) is 2.98. The minimum Gasteiger partial charge on any atom is -0.354 e. The van der Waals surface area contributed by atoms with Crippen molar-refractivity contribution in [1.82, 2.24) is 9.62 Å². The summed E-state index contributed by atoms with van der Waals surface area (Å²) in [4.78, 5) is 11.9. The molecule has 1 aliphatic rings. The van der Waals surface area contributed by atoms with Gasteiger partial charge < -0.3 is 5.32 Å². The third kappa shape index (κ3) is 5.58. The molecule has 7 heteroatoms. The molecule has 0 aliphatic heterocycles. The van der Waals surface area contributed by atoms with E-state index >= 15 is 0 Å². The topological polar surface area (TPSA) is 66.5 Å². The summed E-state index contributed by atoms with van der Waals surface area (Å²) in [6.07, 6.45) is 5.24. The molecule has 1 aromatic carbocycles. The highest BCUT2D eigenvalue weighted by Gasteiger charge is 2.28. The predicted octanol–water partition coefficient (Wildman–Crippen LogP) is 1.69. The van der Waals surface area contributed by atoms with Gasteiger partial charge in [0.15, 0.2) is 0 Å². The fourth-order valence-electron chi connectivity index (χ4n) is 2.97. The number of carbonyl (C=O) groups excluding carboxylic acids is 1. The van der Waals surface area contributed by atoms with Crippen LogP contribution in [0.5, 0.6) is 0 Å². The number of amides is 1. The van der Waals surface area contributed by atoms with Crippen molar-refractivity contribution >= 4 is 15.9 Å². The standard InChI is InChI=1S/C16H23FN2O3S/c1-23(21,22)19(15-4-2-3-5-15)11-10-18-16(20)12-13-6-8-14(17)9-7-13/h6-9,15H,2-5,10-12H2,1H3,(H,18,20). The summed E-state index contributed by atoms with van der Waals surface area (Å²) in [5.74, 6) is -0.536. The Kier molecular flexibility index (Phi) is 6.12. The van der Waals surface area contributed by atoms with E-state index in [0.717, 1.165) is 31.2 Å². The van der Waals surface area contributed by atoms with E-state index < -0.39 is 10.0 Å². The Labute approximate surface area is 136 Å². The second kappa shape index (κ2) is 7.88. The molecule has 23 heavy (non-hydrogen) atoms. The summed E-state index contributed by atoms with van der Waals surface area (Å²) in [5, 5.41) is 2.73. The van der Waals surface area contributed by atoms with Gasteiger partial charge in [-0.2, -0.15) is 4.31 Å². The lowest BCUT2D eigenvalue weighted by atomic mass is 10.1. The zero-order chi connectivity index (χ0) is 16.9. The van der Waals surface area contributed by atoms with Gasteiger partial charge in [0.25, 0.3) is 0 Å². The largest absolute Gasteiger partial charge is 0.354 e.